The molecular formula is C35H43N5O2S. The van der Waals surface area contributed by atoms with E-state index < -0.39 is 0 Å². The zero-order valence-electron chi connectivity index (χ0n) is 25.7. The number of nitrogens with zero attached hydrogens (tertiary/aromatic N) is 3. The molecule has 0 aliphatic heterocycles. The van der Waals surface area contributed by atoms with Gasteiger partial charge in [-0.25, -0.2) is 4.98 Å². The first-order chi connectivity index (χ1) is 20.9. The Morgan fingerprint density at radius 3 is 2.35 bits per heavy atom. The highest BCUT2D eigenvalue weighted by atomic mass is 32.2. The highest BCUT2D eigenvalue weighted by Crippen LogP contribution is 2.29. The molecule has 1 unspecified atom stereocenters. The van der Waals surface area contributed by atoms with Crippen LogP contribution in [-0.2, 0) is 0 Å². The van der Waals surface area contributed by atoms with E-state index in [0.29, 0.717) is 31.1 Å². The SMILES string of the molecule is CCOc1ccc(C(=O)CC(CN[C@H]2CC[C@@H](Nc3nc(N(C)C)c4ccccc4n3)CC2)Sc2ccc(C)cc2)cc1. The molecule has 1 fully saturated rings. The molecule has 1 heterocycles. The van der Waals surface area contributed by atoms with E-state index in [9.17, 15) is 4.79 Å². The average molecular weight is 598 g/mol. The maximum atomic E-state index is 13.3. The molecular weight excluding hydrogens is 554 g/mol. The number of hydrogen-bond donors (Lipinski definition) is 2. The normalized spacial score (nSPS) is 17.4. The average Bonchev–Trinajstić information content (AvgIpc) is 3.01. The third-order valence-electron chi connectivity index (χ3n) is 7.93. The van der Waals surface area contributed by atoms with Gasteiger partial charge in [-0.2, -0.15) is 4.98 Å². The zero-order valence-corrected chi connectivity index (χ0v) is 26.5. The molecule has 2 N–H and O–H groups in total. The molecule has 0 spiro atoms. The molecule has 0 saturated heterocycles. The van der Waals surface area contributed by atoms with Crippen LogP contribution in [0.15, 0.2) is 77.7 Å². The number of para-hydroxylation sites is 1. The van der Waals surface area contributed by atoms with E-state index >= 15 is 0 Å². The molecule has 226 valence electrons. The van der Waals surface area contributed by atoms with Gasteiger partial charge in [-0.05, 0) is 88.1 Å². The summed E-state index contributed by atoms with van der Waals surface area (Å²) < 4.78 is 5.55. The van der Waals surface area contributed by atoms with Gasteiger partial charge in [0.15, 0.2) is 5.78 Å². The number of rotatable bonds is 13. The predicted molar refractivity (Wildman–Crippen MR) is 179 cm³/mol. The van der Waals surface area contributed by atoms with Crippen molar-refractivity contribution in [3.63, 3.8) is 0 Å². The Labute approximate surface area is 259 Å². The molecule has 1 saturated carbocycles. The number of ether oxygens (including phenoxy) is 1. The van der Waals surface area contributed by atoms with Crippen LogP contribution in [0.3, 0.4) is 0 Å². The lowest BCUT2D eigenvalue weighted by Gasteiger charge is -2.31. The van der Waals surface area contributed by atoms with Crippen LogP contribution < -0.4 is 20.3 Å². The fraction of sp³-hybridized carbons (Fsp3) is 0.400. The topological polar surface area (TPSA) is 79.4 Å². The lowest BCUT2D eigenvalue weighted by atomic mass is 9.91. The third-order valence-corrected chi connectivity index (χ3v) is 9.14. The summed E-state index contributed by atoms with van der Waals surface area (Å²) in [7, 11) is 4.04. The number of aromatic nitrogens is 2. The van der Waals surface area contributed by atoms with Crippen LogP contribution in [0.4, 0.5) is 11.8 Å². The maximum absolute atomic E-state index is 13.3. The second-order valence-corrected chi connectivity index (χ2v) is 12.9. The van der Waals surface area contributed by atoms with Crippen LogP contribution in [0.1, 0.15) is 54.9 Å². The molecule has 1 aliphatic rings. The molecule has 8 heteroatoms. The van der Waals surface area contributed by atoms with Crippen LogP contribution in [0.2, 0.25) is 0 Å². The summed E-state index contributed by atoms with van der Waals surface area (Å²) in [6.45, 7) is 5.45. The largest absolute Gasteiger partial charge is 0.494 e. The highest BCUT2D eigenvalue weighted by Gasteiger charge is 2.24. The van der Waals surface area contributed by atoms with Crippen molar-refractivity contribution in [2.45, 2.75) is 68.2 Å². The van der Waals surface area contributed by atoms with Crippen LogP contribution >= 0.6 is 11.8 Å². The number of carbonyl (C=O) groups is 1. The van der Waals surface area contributed by atoms with Crippen molar-refractivity contribution >= 4 is 40.2 Å². The Balaban J connectivity index is 1.17. The molecule has 0 amide bonds. The van der Waals surface area contributed by atoms with Gasteiger partial charge in [-0.3, -0.25) is 4.79 Å². The lowest BCUT2D eigenvalue weighted by Crippen LogP contribution is -2.40. The second kappa shape index (κ2) is 14.7. The summed E-state index contributed by atoms with van der Waals surface area (Å²) in [4.78, 5) is 26.1. The number of nitrogens with one attached hydrogen (secondary N) is 2. The quantitative estimate of drug-likeness (QED) is 0.124. The number of fused-ring (bicyclic) bond motifs is 1. The summed E-state index contributed by atoms with van der Waals surface area (Å²) in [5.41, 5.74) is 2.93. The van der Waals surface area contributed by atoms with Crippen molar-refractivity contribution in [1.29, 1.82) is 0 Å². The number of hydrogen-bond acceptors (Lipinski definition) is 8. The fourth-order valence-electron chi connectivity index (χ4n) is 5.58. The first kappa shape index (κ1) is 30.8. The first-order valence-corrected chi connectivity index (χ1v) is 16.2. The molecule has 0 radical (unpaired) electrons. The van der Waals surface area contributed by atoms with Gasteiger partial charge < -0.3 is 20.3 Å². The summed E-state index contributed by atoms with van der Waals surface area (Å²) in [6, 6.07) is 25.0. The summed E-state index contributed by atoms with van der Waals surface area (Å²) in [6.07, 6.45) is 4.71. The lowest BCUT2D eigenvalue weighted by molar-refractivity contribution is 0.0981. The third kappa shape index (κ3) is 8.48. The molecule has 5 rings (SSSR count). The van der Waals surface area contributed by atoms with Crippen LogP contribution in [0.5, 0.6) is 5.75 Å². The zero-order chi connectivity index (χ0) is 30.2. The van der Waals surface area contributed by atoms with E-state index in [4.69, 9.17) is 14.7 Å². The van der Waals surface area contributed by atoms with Gasteiger partial charge in [0.1, 0.15) is 11.6 Å². The highest BCUT2D eigenvalue weighted by molar-refractivity contribution is 8.00. The van der Waals surface area contributed by atoms with Crippen molar-refractivity contribution < 1.29 is 9.53 Å². The Morgan fingerprint density at radius 2 is 1.65 bits per heavy atom. The Hall–Kier alpha value is -3.62. The monoisotopic (exact) mass is 597 g/mol. The maximum Gasteiger partial charge on any atom is 0.225 e. The van der Waals surface area contributed by atoms with Gasteiger partial charge in [-0.15, -0.1) is 11.8 Å². The molecule has 1 aromatic heterocycles. The number of aryl methyl sites for hydroxylation is 1. The second-order valence-electron chi connectivity index (χ2n) is 11.5. The number of anilines is 2. The molecule has 3 aromatic carbocycles. The predicted octanol–water partition coefficient (Wildman–Crippen LogP) is 7.15. The number of Topliss-reactive ketones (excluding diaryl/α,β-unsaturated/α-hetero) is 1. The van der Waals surface area contributed by atoms with Crippen molar-refractivity contribution in [2.75, 3.05) is 37.5 Å². The van der Waals surface area contributed by atoms with E-state index in [-0.39, 0.29) is 11.0 Å². The van der Waals surface area contributed by atoms with E-state index in [1.165, 1.54) is 10.5 Å². The van der Waals surface area contributed by atoms with Gasteiger partial charge >= 0.3 is 0 Å². The summed E-state index contributed by atoms with van der Waals surface area (Å²) >= 11 is 1.79. The molecule has 7 nitrogen and oxygen atoms in total. The van der Waals surface area contributed by atoms with Gasteiger partial charge in [0.25, 0.3) is 0 Å². The number of benzene rings is 3. The van der Waals surface area contributed by atoms with Gasteiger partial charge in [-0.1, -0.05) is 29.8 Å². The van der Waals surface area contributed by atoms with Crippen molar-refractivity contribution in [1.82, 2.24) is 15.3 Å². The van der Waals surface area contributed by atoms with Crippen molar-refractivity contribution in [3.8, 4) is 5.75 Å². The van der Waals surface area contributed by atoms with Crippen molar-refractivity contribution in [3.05, 3.63) is 83.9 Å². The van der Waals surface area contributed by atoms with Gasteiger partial charge in [0, 0.05) is 60.2 Å². The van der Waals surface area contributed by atoms with E-state index in [1.807, 2.05) is 68.4 Å². The minimum Gasteiger partial charge on any atom is -0.494 e. The molecule has 1 aliphatic carbocycles. The number of thioether (sulfide) groups is 1. The molecule has 1 atom stereocenters. The first-order valence-electron chi connectivity index (χ1n) is 15.3. The smallest absolute Gasteiger partial charge is 0.225 e. The van der Waals surface area contributed by atoms with Crippen LogP contribution in [0, 0.1) is 6.92 Å². The van der Waals surface area contributed by atoms with E-state index in [2.05, 4.69) is 47.9 Å². The van der Waals surface area contributed by atoms with Crippen molar-refractivity contribution in [2.24, 2.45) is 0 Å². The van der Waals surface area contributed by atoms with E-state index in [1.54, 1.807) is 11.8 Å². The van der Waals surface area contributed by atoms with E-state index in [0.717, 1.165) is 60.3 Å². The molecule has 0 bridgehead atoms. The molecule has 4 aromatic rings. The van der Waals surface area contributed by atoms with Gasteiger partial charge in [0.05, 0.1) is 12.1 Å². The Kier molecular flexibility index (Phi) is 10.5. The van der Waals surface area contributed by atoms with Gasteiger partial charge in [0.2, 0.25) is 5.95 Å². The number of carbonyl (C=O) groups excluding carboxylic acids is 1. The molecule has 43 heavy (non-hydrogen) atoms. The minimum absolute atomic E-state index is 0.132. The fourth-order valence-corrected chi connectivity index (χ4v) is 6.67. The van der Waals surface area contributed by atoms with Crippen LogP contribution in [-0.4, -0.2) is 60.3 Å². The number of ketones is 1. The Morgan fingerprint density at radius 1 is 0.953 bits per heavy atom. The standard InChI is InChI=1S/C35H43N5O2S/c1-5-42-28-18-12-25(13-19-28)33(41)22-30(43-29-20-10-24(2)11-21-29)23-36-26-14-16-27(17-15-26)37-35-38-32-9-7-6-8-31(32)34(39-35)40(3)4/h6-13,18-21,26-27,30,36H,5,14-17,22-23H2,1-4H3,(H,37,38,39)/t26-,27+,30?. The van der Waals surface area contributed by atoms with Crippen LogP contribution in [0.25, 0.3) is 10.9 Å². The summed E-state index contributed by atoms with van der Waals surface area (Å²) in [5.74, 6) is 2.58. The minimum atomic E-state index is 0.132. The Bertz CT molecular complexity index is 1480. The summed E-state index contributed by atoms with van der Waals surface area (Å²) in [5, 5.41) is 8.62.